The second-order valence-electron chi connectivity index (χ2n) is 12.9. The van der Waals surface area contributed by atoms with Crippen molar-refractivity contribution in [2.75, 3.05) is 6.61 Å². The predicted molar refractivity (Wildman–Crippen MR) is 133 cm³/mol. The van der Waals surface area contributed by atoms with Crippen LogP contribution in [0.15, 0.2) is 34.9 Å². The summed E-state index contributed by atoms with van der Waals surface area (Å²) in [5.41, 5.74) is 4.80. The molecule has 0 aromatic rings. The third kappa shape index (κ3) is 3.26. The van der Waals surface area contributed by atoms with Gasteiger partial charge in [0.1, 0.15) is 5.78 Å². The SMILES string of the molecule is C/C(=C/CC[C@@H](C)[C@H]1CC[C@@]2(C)C3=CC[C@H]4C(C)(C)C(=O)CC[C@]4(C)C3=CC[C@]12C)CO. The molecule has 32 heavy (non-hydrogen) atoms. The number of ketones is 1. The van der Waals surface area contributed by atoms with E-state index in [4.69, 9.17) is 0 Å². The molecule has 2 nitrogen and oxygen atoms in total. The standard InChI is InChI=1S/C30H46O2/c1-20(19-31)9-8-10-21(2)22-13-17-30(7)24-11-12-25-27(3,4)26(32)15-16-28(25,5)23(24)14-18-29(22,30)6/h9,11,14,21-22,25,31H,8,10,12-13,15-19H2,1-7H3/b20-9-/t21-,22-,25+,28-,29-,30+/m1/s1. The van der Waals surface area contributed by atoms with Crippen LogP contribution in [0.4, 0.5) is 0 Å². The first-order valence-electron chi connectivity index (χ1n) is 13.1. The molecule has 178 valence electrons. The Morgan fingerprint density at radius 1 is 1.16 bits per heavy atom. The number of Topliss-reactive ketones (excluding diaryl/α,β-unsaturated/α-hetero) is 1. The molecule has 0 bridgehead atoms. The van der Waals surface area contributed by atoms with E-state index in [0.29, 0.717) is 23.0 Å². The lowest BCUT2D eigenvalue weighted by Gasteiger charge is -2.59. The van der Waals surface area contributed by atoms with Crippen molar-refractivity contribution in [1.29, 1.82) is 0 Å². The highest BCUT2D eigenvalue weighted by Crippen LogP contribution is 2.71. The summed E-state index contributed by atoms with van der Waals surface area (Å²) in [6.07, 6.45) is 16.3. The van der Waals surface area contributed by atoms with Crippen LogP contribution in [0.3, 0.4) is 0 Å². The summed E-state index contributed by atoms with van der Waals surface area (Å²) >= 11 is 0. The second-order valence-corrected chi connectivity index (χ2v) is 12.9. The highest BCUT2D eigenvalue weighted by atomic mass is 16.3. The first-order chi connectivity index (χ1) is 14.9. The van der Waals surface area contributed by atoms with Gasteiger partial charge in [-0.25, -0.2) is 0 Å². The predicted octanol–water partition coefficient (Wildman–Crippen LogP) is 7.44. The van der Waals surface area contributed by atoms with Crippen molar-refractivity contribution in [3.05, 3.63) is 34.9 Å². The van der Waals surface area contributed by atoms with Crippen molar-refractivity contribution in [2.24, 2.45) is 39.4 Å². The minimum absolute atomic E-state index is 0.141. The minimum atomic E-state index is -0.218. The first kappa shape index (κ1) is 24.0. The Morgan fingerprint density at radius 3 is 2.56 bits per heavy atom. The Kier molecular flexibility index (Phi) is 5.97. The van der Waals surface area contributed by atoms with Gasteiger partial charge in [0, 0.05) is 11.8 Å². The second kappa shape index (κ2) is 7.97. The fraction of sp³-hybridized carbons (Fsp3) is 0.767. The number of hydrogen-bond acceptors (Lipinski definition) is 2. The molecule has 0 heterocycles. The zero-order chi connectivity index (χ0) is 23.5. The summed E-state index contributed by atoms with van der Waals surface area (Å²) in [5.74, 6) is 2.32. The Hall–Kier alpha value is -1.15. The number of hydrogen-bond donors (Lipinski definition) is 1. The van der Waals surface area contributed by atoms with Gasteiger partial charge in [-0.3, -0.25) is 4.79 Å². The molecule has 2 fully saturated rings. The Labute approximate surface area is 196 Å². The van der Waals surface area contributed by atoms with Crippen molar-refractivity contribution in [2.45, 2.75) is 99.8 Å². The number of carbonyl (C=O) groups is 1. The third-order valence-electron chi connectivity index (χ3n) is 11.1. The molecule has 4 aliphatic rings. The van der Waals surface area contributed by atoms with Crippen LogP contribution in [-0.4, -0.2) is 17.5 Å². The van der Waals surface area contributed by atoms with Crippen LogP contribution in [-0.2, 0) is 4.79 Å². The van der Waals surface area contributed by atoms with Crippen LogP contribution in [0, 0.1) is 39.4 Å². The maximum Gasteiger partial charge on any atom is 0.138 e. The lowest BCUT2D eigenvalue weighted by molar-refractivity contribution is -0.138. The minimum Gasteiger partial charge on any atom is -0.392 e. The number of aliphatic hydroxyl groups is 1. The fourth-order valence-corrected chi connectivity index (χ4v) is 8.62. The Bertz CT molecular complexity index is 873. The average Bonchev–Trinajstić information content (AvgIpc) is 3.02. The van der Waals surface area contributed by atoms with Crippen LogP contribution in [0.25, 0.3) is 0 Å². The molecule has 0 aromatic carbocycles. The number of carbonyl (C=O) groups excluding carboxylic acids is 1. The summed E-state index contributed by atoms with van der Waals surface area (Å²) in [4.78, 5) is 12.8. The fourth-order valence-electron chi connectivity index (χ4n) is 8.62. The van der Waals surface area contributed by atoms with Gasteiger partial charge in [-0.2, -0.15) is 0 Å². The van der Waals surface area contributed by atoms with E-state index in [1.54, 1.807) is 11.1 Å². The topological polar surface area (TPSA) is 37.3 Å². The van der Waals surface area contributed by atoms with E-state index in [9.17, 15) is 9.90 Å². The molecule has 4 aliphatic carbocycles. The maximum absolute atomic E-state index is 12.8. The lowest BCUT2D eigenvalue weighted by Crippen LogP contribution is -2.53. The van der Waals surface area contributed by atoms with Gasteiger partial charge in [-0.1, -0.05) is 65.3 Å². The van der Waals surface area contributed by atoms with E-state index < -0.39 is 0 Å². The zero-order valence-corrected chi connectivity index (χ0v) is 21.7. The molecule has 0 aliphatic heterocycles. The summed E-state index contributed by atoms with van der Waals surface area (Å²) in [7, 11) is 0. The van der Waals surface area contributed by atoms with E-state index in [-0.39, 0.29) is 22.9 Å². The third-order valence-corrected chi connectivity index (χ3v) is 11.1. The molecule has 6 atom stereocenters. The van der Waals surface area contributed by atoms with Gasteiger partial charge in [0.05, 0.1) is 6.61 Å². The molecule has 4 rings (SSSR count). The molecule has 0 saturated heterocycles. The summed E-state index contributed by atoms with van der Waals surface area (Å²) in [6.45, 7) is 16.7. The smallest absolute Gasteiger partial charge is 0.138 e. The van der Waals surface area contributed by atoms with E-state index in [1.165, 1.54) is 25.7 Å². The number of aliphatic hydroxyl groups excluding tert-OH is 1. The van der Waals surface area contributed by atoms with Gasteiger partial charge in [-0.15, -0.1) is 0 Å². The van der Waals surface area contributed by atoms with Crippen LogP contribution in [0.5, 0.6) is 0 Å². The molecule has 2 heteroatoms. The highest BCUT2D eigenvalue weighted by Gasteiger charge is 2.63. The normalized spacial score (nSPS) is 41.9. The molecule has 2 saturated carbocycles. The average molecular weight is 439 g/mol. The first-order valence-corrected chi connectivity index (χ1v) is 13.1. The summed E-state index contributed by atoms with van der Waals surface area (Å²) < 4.78 is 0. The molecule has 1 N–H and O–H groups in total. The number of rotatable bonds is 5. The molecular formula is C30H46O2. The van der Waals surface area contributed by atoms with Gasteiger partial charge < -0.3 is 5.11 Å². The van der Waals surface area contributed by atoms with E-state index >= 15 is 0 Å². The molecule has 0 amide bonds. The largest absolute Gasteiger partial charge is 0.392 e. The highest BCUT2D eigenvalue weighted by molar-refractivity contribution is 5.86. The monoisotopic (exact) mass is 438 g/mol. The van der Waals surface area contributed by atoms with Crippen molar-refractivity contribution >= 4 is 5.78 Å². The van der Waals surface area contributed by atoms with Crippen LogP contribution < -0.4 is 0 Å². The van der Waals surface area contributed by atoms with Gasteiger partial charge in [0.25, 0.3) is 0 Å². The molecule has 0 unspecified atom stereocenters. The zero-order valence-electron chi connectivity index (χ0n) is 21.7. The van der Waals surface area contributed by atoms with Gasteiger partial charge >= 0.3 is 0 Å². The van der Waals surface area contributed by atoms with Crippen molar-refractivity contribution in [3.63, 3.8) is 0 Å². The van der Waals surface area contributed by atoms with Crippen molar-refractivity contribution in [1.82, 2.24) is 0 Å². The van der Waals surface area contributed by atoms with E-state index in [1.807, 2.05) is 6.92 Å². The molecular weight excluding hydrogens is 392 g/mol. The van der Waals surface area contributed by atoms with E-state index in [0.717, 1.165) is 37.2 Å². The quantitative estimate of drug-likeness (QED) is 0.453. The number of allylic oxidation sites excluding steroid dienone is 5. The Morgan fingerprint density at radius 2 is 1.88 bits per heavy atom. The van der Waals surface area contributed by atoms with Crippen LogP contribution >= 0.6 is 0 Å². The summed E-state index contributed by atoms with van der Waals surface area (Å²) in [6, 6.07) is 0. The maximum atomic E-state index is 12.8. The van der Waals surface area contributed by atoms with E-state index in [2.05, 4.69) is 59.8 Å². The number of fused-ring (bicyclic) bond motifs is 5. The molecule has 0 spiro atoms. The van der Waals surface area contributed by atoms with Gasteiger partial charge in [0.15, 0.2) is 0 Å². The van der Waals surface area contributed by atoms with Crippen LogP contribution in [0.2, 0.25) is 0 Å². The molecule has 0 radical (unpaired) electrons. The summed E-state index contributed by atoms with van der Waals surface area (Å²) in [5, 5.41) is 9.30. The van der Waals surface area contributed by atoms with Gasteiger partial charge in [0.2, 0.25) is 0 Å². The lowest BCUT2D eigenvalue weighted by atomic mass is 9.44. The van der Waals surface area contributed by atoms with Crippen molar-refractivity contribution in [3.8, 4) is 0 Å². The van der Waals surface area contributed by atoms with Crippen LogP contribution in [0.1, 0.15) is 99.8 Å². The molecule has 0 aromatic heterocycles. The van der Waals surface area contributed by atoms with Crippen molar-refractivity contribution < 1.29 is 9.90 Å². The Balaban J connectivity index is 1.63. The van der Waals surface area contributed by atoms with Gasteiger partial charge in [-0.05, 0) is 97.0 Å².